The van der Waals surface area contributed by atoms with Crippen LogP contribution < -0.4 is 16.2 Å². The lowest BCUT2D eigenvalue weighted by molar-refractivity contribution is 0.598. The van der Waals surface area contributed by atoms with Gasteiger partial charge < -0.3 is 15.6 Å². The number of rotatable bonds is 5. The van der Waals surface area contributed by atoms with Gasteiger partial charge in [0.1, 0.15) is 5.82 Å². The standard InChI is InChI=1S/C12H17N5O2S/c1-17-5-4-16-12(17)2-3-15-10-6-9(13)7-11(8-10)20(14,18)19/h4-8,15H,2-3,13H2,1H3,(H2,14,18,19). The molecule has 2 rings (SSSR count). The molecule has 7 nitrogen and oxygen atoms in total. The molecule has 1 aromatic heterocycles. The van der Waals surface area contributed by atoms with E-state index in [1.165, 1.54) is 12.1 Å². The molecule has 0 fully saturated rings. The highest BCUT2D eigenvalue weighted by Gasteiger charge is 2.10. The number of anilines is 2. The molecule has 0 saturated heterocycles. The van der Waals surface area contributed by atoms with Crippen molar-refractivity contribution in [2.24, 2.45) is 12.2 Å². The number of hydrogen-bond donors (Lipinski definition) is 3. The Morgan fingerprint density at radius 2 is 2.10 bits per heavy atom. The van der Waals surface area contributed by atoms with Crippen molar-refractivity contribution in [3.05, 3.63) is 36.4 Å². The van der Waals surface area contributed by atoms with Crippen LogP contribution in [0.25, 0.3) is 0 Å². The fraction of sp³-hybridized carbons (Fsp3) is 0.250. The average molecular weight is 295 g/mol. The number of primary sulfonamides is 1. The summed E-state index contributed by atoms with van der Waals surface area (Å²) in [5, 5.41) is 8.21. The molecule has 8 heteroatoms. The molecule has 20 heavy (non-hydrogen) atoms. The number of imidazole rings is 1. The van der Waals surface area contributed by atoms with E-state index in [-0.39, 0.29) is 4.90 Å². The van der Waals surface area contributed by atoms with Crippen molar-refractivity contribution in [2.45, 2.75) is 11.3 Å². The first-order valence-corrected chi connectivity index (χ1v) is 7.54. The summed E-state index contributed by atoms with van der Waals surface area (Å²) in [5.74, 6) is 0.938. The van der Waals surface area contributed by atoms with Gasteiger partial charge in [-0.2, -0.15) is 0 Å². The van der Waals surface area contributed by atoms with Crippen molar-refractivity contribution in [1.82, 2.24) is 9.55 Å². The van der Waals surface area contributed by atoms with E-state index in [9.17, 15) is 8.42 Å². The second-order valence-electron chi connectivity index (χ2n) is 4.47. The summed E-state index contributed by atoms with van der Waals surface area (Å²) >= 11 is 0. The van der Waals surface area contributed by atoms with E-state index in [2.05, 4.69) is 10.3 Å². The molecular formula is C12H17N5O2S. The van der Waals surface area contributed by atoms with Crippen LogP contribution in [-0.4, -0.2) is 24.5 Å². The third-order valence-corrected chi connectivity index (χ3v) is 3.75. The minimum atomic E-state index is -3.76. The Kier molecular flexibility index (Phi) is 3.96. The van der Waals surface area contributed by atoms with Gasteiger partial charge in [-0.05, 0) is 18.2 Å². The molecule has 2 aromatic rings. The maximum Gasteiger partial charge on any atom is 0.238 e. The van der Waals surface area contributed by atoms with Gasteiger partial charge in [-0.1, -0.05) is 0 Å². The van der Waals surface area contributed by atoms with Gasteiger partial charge in [0.05, 0.1) is 4.90 Å². The zero-order valence-electron chi connectivity index (χ0n) is 11.1. The number of hydrogen-bond acceptors (Lipinski definition) is 5. The Bertz CT molecular complexity index is 708. The van der Waals surface area contributed by atoms with Gasteiger partial charge in [0.2, 0.25) is 10.0 Å². The molecule has 0 unspecified atom stereocenters. The van der Waals surface area contributed by atoms with Crippen LogP contribution in [0.5, 0.6) is 0 Å². The Labute approximate surface area is 117 Å². The number of nitrogens with zero attached hydrogens (tertiary/aromatic N) is 2. The molecule has 1 heterocycles. The predicted molar refractivity (Wildman–Crippen MR) is 77.6 cm³/mol. The molecule has 0 bridgehead atoms. The van der Waals surface area contributed by atoms with Crippen LogP contribution in [-0.2, 0) is 23.5 Å². The molecule has 0 spiro atoms. The largest absolute Gasteiger partial charge is 0.399 e. The zero-order valence-corrected chi connectivity index (χ0v) is 11.9. The van der Waals surface area contributed by atoms with E-state index < -0.39 is 10.0 Å². The van der Waals surface area contributed by atoms with E-state index in [4.69, 9.17) is 10.9 Å². The van der Waals surface area contributed by atoms with Gasteiger partial charge >= 0.3 is 0 Å². The normalized spacial score (nSPS) is 11.5. The van der Waals surface area contributed by atoms with Crippen LogP contribution in [0.3, 0.4) is 0 Å². The average Bonchev–Trinajstić information content (AvgIpc) is 2.73. The molecule has 0 aliphatic carbocycles. The van der Waals surface area contributed by atoms with Crippen LogP contribution in [0.1, 0.15) is 5.82 Å². The third kappa shape index (κ3) is 3.49. The van der Waals surface area contributed by atoms with Crippen molar-refractivity contribution in [2.75, 3.05) is 17.6 Å². The number of aryl methyl sites for hydroxylation is 1. The number of nitrogens with two attached hydrogens (primary N) is 2. The van der Waals surface area contributed by atoms with Gasteiger partial charge in [-0.25, -0.2) is 18.5 Å². The highest BCUT2D eigenvalue weighted by molar-refractivity contribution is 7.89. The van der Waals surface area contributed by atoms with Crippen molar-refractivity contribution in [3.63, 3.8) is 0 Å². The second-order valence-corrected chi connectivity index (χ2v) is 6.03. The lowest BCUT2D eigenvalue weighted by Gasteiger charge is -2.09. The number of nitrogen functional groups attached to an aromatic ring is 1. The van der Waals surface area contributed by atoms with Crippen LogP contribution in [0.15, 0.2) is 35.5 Å². The molecular weight excluding hydrogens is 278 g/mol. The van der Waals surface area contributed by atoms with Gasteiger partial charge in [-0.3, -0.25) is 0 Å². The van der Waals surface area contributed by atoms with Crippen molar-refractivity contribution in [3.8, 4) is 0 Å². The Balaban J connectivity index is 2.07. The van der Waals surface area contributed by atoms with Crippen LogP contribution >= 0.6 is 0 Å². The Morgan fingerprint density at radius 1 is 1.35 bits per heavy atom. The van der Waals surface area contributed by atoms with Crippen molar-refractivity contribution >= 4 is 21.4 Å². The maximum atomic E-state index is 11.3. The highest BCUT2D eigenvalue weighted by atomic mass is 32.2. The predicted octanol–water partition coefficient (Wildman–Crippen LogP) is 0.304. The summed E-state index contributed by atoms with van der Waals surface area (Å²) in [6, 6.07) is 4.45. The molecule has 0 amide bonds. The summed E-state index contributed by atoms with van der Waals surface area (Å²) < 4.78 is 24.6. The summed E-state index contributed by atoms with van der Waals surface area (Å²) in [7, 11) is -1.84. The number of aromatic nitrogens is 2. The number of benzene rings is 1. The summed E-state index contributed by atoms with van der Waals surface area (Å²) in [6.07, 6.45) is 4.31. The van der Waals surface area contributed by atoms with Gasteiger partial charge in [0.25, 0.3) is 0 Å². The van der Waals surface area contributed by atoms with Gasteiger partial charge in [-0.15, -0.1) is 0 Å². The van der Waals surface area contributed by atoms with Crippen molar-refractivity contribution in [1.29, 1.82) is 0 Å². The lowest BCUT2D eigenvalue weighted by Crippen LogP contribution is -2.14. The Morgan fingerprint density at radius 3 is 2.70 bits per heavy atom. The lowest BCUT2D eigenvalue weighted by atomic mass is 10.2. The first-order valence-electron chi connectivity index (χ1n) is 6.00. The molecule has 1 aromatic carbocycles. The quantitative estimate of drug-likeness (QED) is 0.686. The van der Waals surface area contributed by atoms with E-state index in [1.807, 2.05) is 17.8 Å². The van der Waals surface area contributed by atoms with E-state index in [1.54, 1.807) is 12.3 Å². The van der Waals surface area contributed by atoms with Gasteiger partial charge in [0.15, 0.2) is 0 Å². The van der Waals surface area contributed by atoms with E-state index in [0.29, 0.717) is 24.3 Å². The smallest absolute Gasteiger partial charge is 0.238 e. The molecule has 0 saturated carbocycles. The number of nitrogens with one attached hydrogen (secondary N) is 1. The van der Waals surface area contributed by atoms with Crippen LogP contribution in [0.2, 0.25) is 0 Å². The minimum absolute atomic E-state index is 0.00279. The zero-order chi connectivity index (χ0) is 14.8. The Hall–Kier alpha value is -2.06. The molecule has 5 N–H and O–H groups in total. The minimum Gasteiger partial charge on any atom is -0.399 e. The number of sulfonamides is 1. The summed E-state index contributed by atoms with van der Waals surface area (Å²) in [5.41, 5.74) is 6.63. The fourth-order valence-corrected chi connectivity index (χ4v) is 2.44. The van der Waals surface area contributed by atoms with Gasteiger partial charge in [0, 0.05) is 43.8 Å². The topological polar surface area (TPSA) is 116 Å². The highest BCUT2D eigenvalue weighted by Crippen LogP contribution is 2.19. The first-order chi connectivity index (χ1) is 9.36. The summed E-state index contributed by atoms with van der Waals surface area (Å²) in [4.78, 5) is 4.20. The molecule has 0 radical (unpaired) electrons. The van der Waals surface area contributed by atoms with E-state index in [0.717, 1.165) is 5.82 Å². The van der Waals surface area contributed by atoms with Crippen LogP contribution in [0.4, 0.5) is 11.4 Å². The first kappa shape index (κ1) is 14.4. The van der Waals surface area contributed by atoms with Crippen LogP contribution in [0, 0.1) is 0 Å². The van der Waals surface area contributed by atoms with Crippen molar-refractivity contribution < 1.29 is 8.42 Å². The molecule has 108 valence electrons. The molecule has 0 aliphatic rings. The maximum absolute atomic E-state index is 11.3. The second kappa shape index (κ2) is 5.51. The monoisotopic (exact) mass is 295 g/mol. The third-order valence-electron chi connectivity index (χ3n) is 2.86. The summed E-state index contributed by atoms with van der Waals surface area (Å²) in [6.45, 7) is 0.609. The SMILES string of the molecule is Cn1ccnc1CCNc1cc(N)cc(S(N)(=O)=O)c1. The van der Waals surface area contributed by atoms with E-state index >= 15 is 0 Å². The fourth-order valence-electron chi connectivity index (χ4n) is 1.84. The molecule has 0 atom stereocenters. The molecule has 0 aliphatic heterocycles.